The van der Waals surface area contributed by atoms with Gasteiger partial charge in [-0.3, -0.25) is 9.59 Å². The third kappa shape index (κ3) is 4.00. The van der Waals surface area contributed by atoms with Gasteiger partial charge in [0.15, 0.2) is 0 Å². The molecule has 1 aliphatic rings. The largest absolute Gasteiger partial charge is 0.507 e. The van der Waals surface area contributed by atoms with Crippen molar-refractivity contribution in [2.24, 2.45) is 0 Å². The third-order valence-electron chi connectivity index (χ3n) is 5.76. The molecular weight excluding hydrogens is 438 g/mol. The molecule has 1 saturated heterocycles. The Balaban J connectivity index is 1.97. The first-order chi connectivity index (χ1) is 15.9. The summed E-state index contributed by atoms with van der Waals surface area (Å²) in [5.41, 5.74) is 2.74. The second kappa shape index (κ2) is 9.11. The van der Waals surface area contributed by atoms with Gasteiger partial charge < -0.3 is 19.5 Å². The minimum absolute atomic E-state index is 0.0179. The number of likely N-dealkylation sites (tertiary alicyclic amines) is 1. The standard InChI is InChI=1S/C26H25NO5S/c1-15-12-16(2)25(32-4)19(13-15)23(28)21-22(18-9-5-6-10-20(18)31-3)27(26(30)24(21)29)14-17-8-7-11-33-17/h5-13,22,28H,14H2,1-4H3/b23-21+. The van der Waals surface area contributed by atoms with Crippen LogP contribution in [0.2, 0.25) is 0 Å². The van der Waals surface area contributed by atoms with Crippen molar-refractivity contribution in [1.29, 1.82) is 0 Å². The average molecular weight is 464 g/mol. The van der Waals surface area contributed by atoms with Crippen LogP contribution in [-0.2, 0) is 16.1 Å². The molecule has 7 heteroatoms. The lowest BCUT2D eigenvalue weighted by Gasteiger charge is -2.26. The zero-order valence-corrected chi connectivity index (χ0v) is 19.7. The fourth-order valence-electron chi connectivity index (χ4n) is 4.38. The molecule has 1 fully saturated rings. The molecule has 33 heavy (non-hydrogen) atoms. The van der Waals surface area contributed by atoms with E-state index in [0.29, 0.717) is 22.6 Å². The number of Topliss-reactive ketones (excluding diaryl/α,β-unsaturated/α-hetero) is 1. The summed E-state index contributed by atoms with van der Waals surface area (Å²) in [4.78, 5) is 29.0. The highest BCUT2D eigenvalue weighted by Gasteiger charge is 2.47. The Kier molecular flexibility index (Phi) is 6.24. The average Bonchev–Trinajstić information content (AvgIpc) is 3.40. The van der Waals surface area contributed by atoms with Crippen molar-refractivity contribution in [1.82, 2.24) is 4.90 Å². The van der Waals surface area contributed by atoms with Crippen LogP contribution in [0, 0.1) is 13.8 Å². The van der Waals surface area contributed by atoms with Crippen molar-refractivity contribution in [3.63, 3.8) is 0 Å². The van der Waals surface area contributed by atoms with Gasteiger partial charge in [-0.2, -0.15) is 0 Å². The molecule has 1 unspecified atom stereocenters. The van der Waals surface area contributed by atoms with Gasteiger partial charge in [0.25, 0.3) is 11.7 Å². The number of methoxy groups -OCH3 is 2. The highest BCUT2D eigenvalue weighted by Crippen LogP contribution is 2.45. The summed E-state index contributed by atoms with van der Waals surface area (Å²) < 4.78 is 11.1. The van der Waals surface area contributed by atoms with E-state index >= 15 is 0 Å². The molecule has 0 radical (unpaired) electrons. The van der Waals surface area contributed by atoms with Crippen LogP contribution in [0.1, 0.15) is 33.2 Å². The summed E-state index contributed by atoms with van der Waals surface area (Å²) in [5, 5.41) is 13.4. The van der Waals surface area contributed by atoms with Crippen LogP contribution in [0.25, 0.3) is 5.76 Å². The lowest BCUT2D eigenvalue weighted by atomic mass is 9.93. The van der Waals surface area contributed by atoms with Crippen molar-refractivity contribution >= 4 is 28.8 Å². The molecule has 0 bridgehead atoms. The van der Waals surface area contributed by atoms with Crippen LogP contribution in [0.15, 0.2) is 59.5 Å². The highest BCUT2D eigenvalue weighted by molar-refractivity contribution is 7.09. The first-order valence-electron chi connectivity index (χ1n) is 10.5. The number of amides is 1. The second-order valence-corrected chi connectivity index (χ2v) is 8.94. The maximum Gasteiger partial charge on any atom is 0.295 e. The maximum absolute atomic E-state index is 13.3. The number of hydrogen-bond acceptors (Lipinski definition) is 6. The second-order valence-electron chi connectivity index (χ2n) is 7.91. The number of benzene rings is 2. The van der Waals surface area contributed by atoms with Crippen molar-refractivity contribution in [2.45, 2.75) is 26.4 Å². The van der Waals surface area contributed by atoms with Gasteiger partial charge in [0, 0.05) is 10.4 Å². The molecule has 2 heterocycles. The minimum Gasteiger partial charge on any atom is -0.507 e. The molecule has 1 N–H and O–H groups in total. The minimum atomic E-state index is -0.811. The van der Waals surface area contributed by atoms with E-state index in [0.717, 1.165) is 16.0 Å². The van der Waals surface area contributed by atoms with Gasteiger partial charge in [0.05, 0.1) is 37.9 Å². The zero-order valence-electron chi connectivity index (χ0n) is 18.9. The van der Waals surface area contributed by atoms with E-state index in [1.54, 1.807) is 12.1 Å². The topological polar surface area (TPSA) is 76.1 Å². The van der Waals surface area contributed by atoms with Crippen LogP contribution in [-0.4, -0.2) is 35.9 Å². The van der Waals surface area contributed by atoms with Crippen molar-refractivity contribution in [2.75, 3.05) is 14.2 Å². The van der Waals surface area contributed by atoms with Gasteiger partial charge in [-0.05, 0) is 48.6 Å². The lowest BCUT2D eigenvalue weighted by Crippen LogP contribution is -2.29. The van der Waals surface area contributed by atoms with Crippen LogP contribution in [0.4, 0.5) is 0 Å². The number of ketones is 1. The Morgan fingerprint density at radius 1 is 1.06 bits per heavy atom. The number of ether oxygens (including phenoxy) is 2. The summed E-state index contributed by atoms with van der Waals surface area (Å²) >= 11 is 1.50. The van der Waals surface area contributed by atoms with E-state index in [2.05, 4.69) is 0 Å². The Bertz CT molecular complexity index is 1250. The monoisotopic (exact) mass is 463 g/mol. The van der Waals surface area contributed by atoms with E-state index in [4.69, 9.17) is 9.47 Å². The Morgan fingerprint density at radius 3 is 2.48 bits per heavy atom. The SMILES string of the molecule is COc1ccccc1C1/C(=C(\O)c2cc(C)cc(C)c2OC)C(=O)C(=O)N1Cc1cccs1. The molecule has 1 aliphatic heterocycles. The number of aryl methyl sites for hydroxylation is 2. The third-order valence-corrected chi connectivity index (χ3v) is 6.62. The summed E-state index contributed by atoms with van der Waals surface area (Å²) in [6, 6.07) is 13.9. The quantitative estimate of drug-likeness (QED) is 0.316. The number of aliphatic hydroxyl groups excluding tert-OH is 1. The molecule has 0 saturated carbocycles. The number of thiophene rings is 1. The molecule has 1 amide bonds. The van der Waals surface area contributed by atoms with Gasteiger partial charge in [-0.25, -0.2) is 0 Å². The summed E-state index contributed by atoms with van der Waals surface area (Å²) in [6.07, 6.45) is 0. The molecule has 2 aromatic carbocycles. The predicted octanol–water partition coefficient (Wildman–Crippen LogP) is 5.00. The predicted molar refractivity (Wildman–Crippen MR) is 128 cm³/mol. The maximum atomic E-state index is 13.3. The van der Waals surface area contributed by atoms with Crippen LogP contribution in [0.3, 0.4) is 0 Å². The number of carbonyl (C=O) groups is 2. The van der Waals surface area contributed by atoms with Crippen LogP contribution in [0.5, 0.6) is 11.5 Å². The van der Waals surface area contributed by atoms with E-state index in [1.165, 1.54) is 30.5 Å². The molecule has 0 aliphatic carbocycles. The smallest absolute Gasteiger partial charge is 0.295 e. The van der Waals surface area contributed by atoms with Gasteiger partial charge in [-0.15, -0.1) is 11.3 Å². The van der Waals surface area contributed by atoms with Crippen molar-refractivity contribution < 1.29 is 24.2 Å². The number of para-hydroxylation sites is 1. The Morgan fingerprint density at radius 2 is 1.82 bits per heavy atom. The number of rotatable bonds is 6. The Labute approximate surface area is 196 Å². The fourth-order valence-corrected chi connectivity index (χ4v) is 5.08. The van der Waals surface area contributed by atoms with Crippen molar-refractivity contribution in [3.05, 3.63) is 86.6 Å². The number of hydrogen-bond donors (Lipinski definition) is 1. The molecule has 170 valence electrons. The summed E-state index contributed by atoms with van der Waals surface area (Å²) in [6.45, 7) is 4.01. The first-order valence-corrected chi connectivity index (χ1v) is 11.3. The van der Waals surface area contributed by atoms with E-state index < -0.39 is 17.7 Å². The zero-order chi connectivity index (χ0) is 23.7. The molecule has 1 atom stereocenters. The van der Waals surface area contributed by atoms with E-state index in [1.807, 2.05) is 55.6 Å². The van der Waals surface area contributed by atoms with Crippen LogP contribution < -0.4 is 9.47 Å². The summed E-state index contributed by atoms with van der Waals surface area (Å²) in [5.74, 6) is -0.674. The number of aliphatic hydroxyl groups is 1. The van der Waals surface area contributed by atoms with Crippen molar-refractivity contribution in [3.8, 4) is 11.5 Å². The van der Waals surface area contributed by atoms with Crippen LogP contribution >= 0.6 is 11.3 Å². The normalized spacial score (nSPS) is 17.5. The van der Waals surface area contributed by atoms with Gasteiger partial charge in [-0.1, -0.05) is 30.3 Å². The molecule has 4 rings (SSSR count). The molecule has 3 aromatic rings. The van der Waals surface area contributed by atoms with E-state index in [9.17, 15) is 14.7 Å². The molecule has 6 nitrogen and oxygen atoms in total. The van der Waals surface area contributed by atoms with Gasteiger partial charge in [0.1, 0.15) is 17.3 Å². The van der Waals surface area contributed by atoms with Gasteiger partial charge >= 0.3 is 0 Å². The number of carbonyl (C=O) groups excluding carboxylic acids is 2. The Hall–Kier alpha value is -3.58. The first kappa shape index (κ1) is 22.6. The molecule has 0 spiro atoms. The summed E-state index contributed by atoms with van der Waals surface area (Å²) in [7, 11) is 3.05. The number of nitrogens with zero attached hydrogens (tertiary/aromatic N) is 1. The fraction of sp³-hybridized carbons (Fsp3) is 0.231. The molecular formula is C26H25NO5S. The molecule has 1 aromatic heterocycles. The lowest BCUT2D eigenvalue weighted by molar-refractivity contribution is -0.140. The highest BCUT2D eigenvalue weighted by atomic mass is 32.1. The van der Waals surface area contributed by atoms with Gasteiger partial charge in [0.2, 0.25) is 0 Å². The van der Waals surface area contributed by atoms with E-state index in [-0.39, 0.29) is 17.9 Å².